The number of nitrogens with one attached hydrogen (secondary N) is 1. The molecule has 0 fully saturated rings. The van der Waals surface area contributed by atoms with Gasteiger partial charge in [0.2, 0.25) is 0 Å². The van der Waals surface area contributed by atoms with E-state index in [4.69, 9.17) is 0 Å². The summed E-state index contributed by atoms with van der Waals surface area (Å²) < 4.78 is 15.0. The van der Waals surface area contributed by atoms with Crippen LogP contribution in [0.3, 0.4) is 0 Å². The Labute approximate surface area is 173 Å². The van der Waals surface area contributed by atoms with Crippen LogP contribution in [0.1, 0.15) is 39.9 Å². The number of hydrogen-bond acceptors (Lipinski definition) is 4. The number of benzene rings is 2. The molecule has 30 heavy (non-hydrogen) atoms. The Morgan fingerprint density at radius 3 is 2.43 bits per heavy atom. The fraction of sp³-hybridized carbons (Fsp3) is 0.217. The monoisotopic (exact) mass is 403 g/mol. The van der Waals surface area contributed by atoms with Crippen LogP contribution in [0.15, 0.2) is 42.5 Å². The summed E-state index contributed by atoms with van der Waals surface area (Å²) in [5, 5.41) is 16.0. The van der Waals surface area contributed by atoms with E-state index in [1.807, 2.05) is 39.0 Å². The van der Waals surface area contributed by atoms with Crippen LogP contribution in [0.2, 0.25) is 0 Å². The van der Waals surface area contributed by atoms with Gasteiger partial charge in [0.15, 0.2) is 11.3 Å². The van der Waals surface area contributed by atoms with E-state index >= 15 is 0 Å². The van der Waals surface area contributed by atoms with Gasteiger partial charge >= 0.3 is 0 Å². The number of aromatic nitrogens is 4. The standard InChI is InChI=1S/C23H22FN5O/c1-5-19-20(16-7-9-17(24)10-8-16)22-27-26-21(15(4)29(22)28-19)23(30)25-18-11-6-13(2)14(3)12-18/h6-12H,5H2,1-4H3,(H,25,30). The number of fused-ring (bicyclic) bond motifs is 1. The van der Waals surface area contributed by atoms with E-state index < -0.39 is 0 Å². The fourth-order valence-electron chi connectivity index (χ4n) is 3.43. The summed E-state index contributed by atoms with van der Waals surface area (Å²) in [5.74, 6) is -0.650. The van der Waals surface area contributed by atoms with Crippen LogP contribution in [-0.2, 0) is 6.42 Å². The molecule has 0 atom stereocenters. The second-order valence-electron chi connectivity index (χ2n) is 7.30. The molecule has 1 N–H and O–H groups in total. The number of halogens is 1. The molecule has 0 radical (unpaired) electrons. The van der Waals surface area contributed by atoms with Crippen molar-refractivity contribution in [2.45, 2.75) is 34.1 Å². The summed E-state index contributed by atoms with van der Waals surface area (Å²) in [7, 11) is 0. The molecule has 4 aromatic rings. The highest BCUT2D eigenvalue weighted by Gasteiger charge is 2.21. The molecule has 2 heterocycles. The summed E-state index contributed by atoms with van der Waals surface area (Å²) >= 11 is 0. The van der Waals surface area contributed by atoms with Crippen molar-refractivity contribution in [2.75, 3.05) is 5.32 Å². The molecule has 0 saturated heterocycles. The van der Waals surface area contributed by atoms with Gasteiger partial charge in [0.05, 0.1) is 17.0 Å². The summed E-state index contributed by atoms with van der Waals surface area (Å²) in [6.45, 7) is 7.80. The zero-order valence-corrected chi connectivity index (χ0v) is 17.3. The normalized spacial score (nSPS) is 11.1. The Kier molecular flexibility index (Phi) is 5.03. The Morgan fingerprint density at radius 1 is 1.03 bits per heavy atom. The zero-order chi connectivity index (χ0) is 21.4. The predicted octanol–water partition coefficient (Wildman–Crippen LogP) is 4.67. The van der Waals surface area contributed by atoms with Gasteiger partial charge < -0.3 is 5.32 Å². The van der Waals surface area contributed by atoms with Gasteiger partial charge in [0.25, 0.3) is 5.91 Å². The highest BCUT2D eigenvalue weighted by atomic mass is 19.1. The summed E-state index contributed by atoms with van der Waals surface area (Å²) in [4.78, 5) is 12.8. The Hall–Kier alpha value is -3.61. The van der Waals surface area contributed by atoms with E-state index in [0.29, 0.717) is 23.4 Å². The lowest BCUT2D eigenvalue weighted by Crippen LogP contribution is -2.18. The van der Waals surface area contributed by atoms with Crippen molar-refractivity contribution in [1.29, 1.82) is 0 Å². The maximum atomic E-state index is 13.4. The molecule has 4 rings (SSSR count). The van der Waals surface area contributed by atoms with Crippen LogP contribution >= 0.6 is 0 Å². The van der Waals surface area contributed by atoms with E-state index in [2.05, 4.69) is 20.6 Å². The lowest BCUT2D eigenvalue weighted by molar-refractivity contribution is 0.102. The van der Waals surface area contributed by atoms with Gasteiger partial charge in [-0.05, 0) is 68.1 Å². The minimum Gasteiger partial charge on any atom is -0.321 e. The molecular formula is C23H22FN5O. The predicted molar refractivity (Wildman–Crippen MR) is 114 cm³/mol. The van der Waals surface area contributed by atoms with Crippen molar-refractivity contribution < 1.29 is 9.18 Å². The molecule has 1 amide bonds. The van der Waals surface area contributed by atoms with Crippen molar-refractivity contribution in [3.8, 4) is 11.1 Å². The molecule has 0 spiro atoms. The van der Waals surface area contributed by atoms with Crippen molar-refractivity contribution in [3.63, 3.8) is 0 Å². The van der Waals surface area contributed by atoms with Crippen LogP contribution in [0.25, 0.3) is 16.8 Å². The molecule has 2 aromatic carbocycles. The first-order chi connectivity index (χ1) is 14.4. The third kappa shape index (κ3) is 3.43. The van der Waals surface area contributed by atoms with Gasteiger partial charge in [-0.15, -0.1) is 10.2 Å². The maximum absolute atomic E-state index is 13.4. The van der Waals surface area contributed by atoms with Crippen LogP contribution in [0, 0.1) is 26.6 Å². The molecule has 6 nitrogen and oxygen atoms in total. The zero-order valence-electron chi connectivity index (χ0n) is 17.3. The number of carbonyl (C=O) groups excluding carboxylic acids is 1. The van der Waals surface area contributed by atoms with E-state index in [9.17, 15) is 9.18 Å². The lowest BCUT2D eigenvalue weighted by Gasteiger charge is -2.09. The fourth-order valence-corrected chi connectivity index (χ4v) is 3.43. The molecule has 0 saturated carbocycles. The van der Waals surface area contributed by atoms with Crippen molar-refractivity contribution in [3.05, 3.63) is 76.5 Å². The van der Waals surface area contributed by atoms with Gasteiger partial charge in [-0.25, -0.2) is 8.91 Å². The van der Waals surface area contributed by atoms with Gasteiger partial charge in [0, 0.05) is 5.69 Å². The molecule has 0 aliphatic rings. The quantitative estimate of drug-likeness (QED) is 0.537. The highest BCUT2D eigenvalue weighted by molar-refractivity contribution is 6.03. The SMILES string of the molecule is CCc1nn2c(C)c(C(=O)Nc3ccc(C)c(C)c3)nnc2c1-c1ccc(F)cc1. The topological polar surface area (TPSA) is 72.2 Å². The number of nitrogens with zero attached hydrogens (tertiary/aromatic N) is 4. The maximum Gasteiger partial charge on any atom is 0.278 e. The van der Waals surface area contributed by atoms with E-state index in [-0.39, 0.29) is 17.4 Å². The van der Waals surface area contributed by atoms with Crippen LogP contribution in [0.5, 0.6) is 0 Å². The van der Waals surface area contributed by atoms with Crippen molar-refractivity contribution >= 4 is 17.2 Å². The first-order valence-electron chi connectivity index (χ1n) is 9.78. The molecule has 2 aromatic heterocycles. The number of aryl methyl sites for hydroxylation is 4. The Bertz CT molecular complexity index is 1260. The third-order valence-electron chi connectivity index (χ3n) is 5.29. The molecule has 0 bridgehead atoms. The van der Waals surface area contributed by atoms with Crippen LogP contribution < -0.4 is 5.32 Å². The van der Waals surface area contributed by atoms with Crippen LogP contribution in [-0.4, -0.2) is 25.7 Å². The number of rotatable bonds is 4. The smallest absolute Gasteiger partial charge is 0.278 e. The van der Waals surface area contributed by atoms with Crippen molar-refractivity contribution in [1.82, 2.24) is 19.8 Å². The third-order valence-corrected chi connectivity index (χ3v) is 5.29. The molecule has 0 aliphatic carbocycles. The molecule has 0 aliphatic heterocycles. The average molecular weight is 403 g/mol. The Balaban J connectivity index is 1.76. The van der Waals surface area contributed by atoms with Gasteiger partial charge in [0.1, 0.15) is 5.82 Å². The minimum atomic E-state index is -0.345. The summed E-state index contributed by atoms with van der Waals surface area (Å²) in [6.07, 6.45) is 0.666. The summed E-state index contributed by atoms with van der Waals surface area (Å²) in [5.41, 5.74) is 6.70. The molecule has 0 unspecified atom stereocenters. The molecule has 7 heteroatoms. The minimum absolute atomic E-state index is 0.205. The first kappa shape index (κ1) is 19.7. The largest absolute Gasteiger partial charge is 0.321 e. The second kappa shape index (κ2) is 7.67. The number of carbonyl (C=O) groups is 1. The van der Waals surface area contributed by atoms with Gasteiger partial charge in [-0.1, -0.05) is 25.1 Å². The second-order valence-corrected chi connectivity index (χ2v) is 7.30. The summed E-state index contributed by atoms with van der Waals surface area (Å²) in [6, 6.07) is 11.9. The van der Waals surface area contributed by atoms with E-state index in [0.717, 1.165) is 27.9 Å². The van der Waals surface area contributed by atoms with Crippen LogP contribution in [0.4, 0.5) is 10.1 Å². The first-order valence-corrected chi connectivity index (χ1v) is 9.78. The highest BCUT2D eigenvalue weighted by Crippen LogP contribution is 2.29. The van der Waals surface area contributed by atoms with E-state index in [1.54, 1.807) is 23.6 Å². The number of amides is 1. The Morgan fingerprint density at radius 2 is 1.77 bits per heavy atom. The number of hydrogen-bond donors (Lipinski definition) is 1. The average Bonchev–Trinajstić information content (AvgIpc) is 3.11. The molecule has 152 valence electrons. The van der Waals surface area contributed by atoms with Gasteiger partial charge in [-0.3, -0.25) is 4.79 Å². The molecular weight excluding hydrogens is 381 g/mol. The van der Waals surface area contributed by atoms with E-state index in [1.165, 1.54) is 12.1 Å². The van der Waals surface area contributed by atoms with Gasteiger partial charge in [-0.2, -0.15) is 5.10 Å². The number of anilines is 1. The van der Waals surface area contributed by atoms with Crippen molar-refractivity contribution in [2.24, 2.45) is 0 Å². The lowest BCUT2D eigenvalue weighted by atomic mass is 10.0.